The highest BCUT2D eigenvalue weighted by molar-refractivity contribution is 7.47. The van der Waals surface area contributed by atoms with Crippen LogP contribution in [-0.4, -0.2) is 74.9 Å². The smallest absolute Gasteiger partial charge is 0.462 e. The molecule has 0 amide bonds. The van der Waals surface area contributed by atoms with Gasteiger partial charge in [-0.3, -0.25) is 18.6 Å². The minimum Gasteiger partial charge on any atom is -0.462 e. The van der Waals surface area contributed by atoms with Crippen LogP contribution in [0.2, 0.25) is 0 Å². The minimum absolute atomic E-state index is 0.0337. The Morgan fingerprint density at radius 3 is 0.949 bits per heavy atom. The maximum Gasteiger partial charge on any atom is 0.472 e. The van der Waals surface area contributed by atoms with E-state index in [4.69, 9.17) is 18.5 Å². The number of likely N-dealkylation sites (N-methyl/N-ethyl adjacent to an activating group) is 1. The Morgan fingerprint density at radius 2 is 0.654 bits per heavy atom. The highest BCUT2D eigenvalue weighted by atomic mass is 31.2. The third-order valence-corrected chi connectivity index (χ3v) is 16.8. The molecule has 0 bridgehead atoms. The first kappa shape index (κ1) is 76.8. The van der Waals surface area contributed by atoms with Gasteiger partial charge in [0.1, 0.15) is 19.8 Å². The zero-order valence-electron chi connectivity index (χ0n) is 52.9. The van der Waals surface area contributed by atoms with E-state index in [-0.39, 0.29) is 25.6 Å². The topological polar surface area (TPSA) is 108 Å². The van der Waals surface area contributed by atoms with E-state index in [1.165, 1.54) is 276 Å². The second-order valence-corrected chi connectivity index (χ2v) is 26.4. The molecule has 0 aromatic rings. The number of hydrogen-bond donors (Lipinski definition) is 1. The van der Waals surface area contributed by atoms with Gasteiger partial charge in [0.25, 0.3) is 0 Å². The number of phosphoric acid groups is 1. The van der Waals surface area contributed by atoms with Gasteiger partial charge in [-0.1, -0.05) is 321 Å². The van der Waals surface area contributed by atoms with Gasteiger partial charge in [0.15, 0.2) is 6.10 Å². The monoisotopic (exact) mass is 1120 g/mol. The van der Waals surface area contributed by atoms with Gasteiger partial charge in [0.05, 0.1) is 27.7 Å². The Labute approximate surface area is 486 Å². The largest absolute Gasteiger partial charge is 0.472 e. The van der Waals surface area contributed by atoms with Crippen molar-refractivity contribution in [3.8, 4) is 0 Å². The molecule has 0 saturated carbocycles. The molecule has 0 aliphatic heterocycles. The van der Waals surface area contributed by atoms with Gasteiger partial charge < -0.3 is 18.9 Å². The van der Waals surface area contributed by atoms with Crippen molar-refractivity contribution >= 4 is 19.8 Å². The number of rotatable bonds is 65. The van der Waals surface area contributed by atoms with E-state index in [0.717, 1.165) is 51.4 Å². The lowest BCUT2D eigenvalue weighted by molar-refractivity contribution is -0.870. The molecule has 9 nitrogen and oxygen atoms in total. The van der Waals surface area contributed by atoms with Crippen molar-refractivity contribution < 1.29 is 42.1 Å². The van der Waals surface area contributed by atoms with Gasteiger partial charge in [0, 0.05) is 12.8 Å². The van der Waals surface area contributed by atoms with E-state index in [1.54, 1.807) is 0 Å². The number of carbonyl (C=O) groups is 2. The molecule has 0 aliphatic carbocycles. The number of hydrogen-bond acceptors (Lipinski definition) is 7. The Morgan fingerprint density at radius 1 is 0.385 bits per heavy atom. The minimum atomic E-state index is -4.38. The molecule has 78 heavy (non-hydrogen) atoms. The summed E-state index contributed by atoms with van der Waals surface area (Å²) in [6.45, 7) is 4.47. The normalized spacial score (nSPS) is 13.2. The fourth-order valence-electron chi connectivity index (χ4n) is 10.5. The van der Waals surface area contributed by atoms with E-state index in [0.29, 0.717) is 23.9 Å². The molecule has 0 aromatic carbocycles. The van der Waals surface area contributed by atoms with Crippen molar-refractivity contribution in [2.75, 3.05) is 47.5 Å². The summed E-state index contributed by atoms with van der Waals surface area (Å²) in [5.41, 5.74) is 0. The predicted molar refractivity (Wildman–Crippen MR) is 335 cm³/mol. The molecule has 2 atom stereocenters. The van der Waals surface area contributed by atoms with Gasteiger partial charge in [-0.15, -0.1) is 0 Å². The van der Waals surface area contributed by atoms with E-state index < -0.39 is 26.5 Å². The predicted octanol–water partition coefficient (Wildman–Crippen LogP) is 21.9. The number of esters is 2. The maximum absolute atomic E-state index is 12.8. The van der Waals surface area contributed by atoms with E-state index >= 15 is 0 Å². The first-order valence-electron chi connectivity index (χ1n) is 34.4. The van der Waals surface area contributed by atoms with Crippen LogP contribution in [0.25, 0.3) is 0 Å². The average Bonchev–Trinajstić information content (AvgIpc) is 3.41. The third-order valence-electron chi connectivity index (χ3n) is 15.8. The van der Waals surface area contributed by atoms with Crippen LogP contribution in [0.4, 0.5) is 0 Å². The van der Waals surface area contributed by atoms with Gasteiger partial charge in [-0.05, 0) is 38.5 Å². The second-order valence-electron chi connectivity index (χ2n) is 24.9. The number of phosphoric ester groups is 1. The zero-order chi connectivity index (χ0) is 57.0. The Hall–Kier alpha value is -1.25. The summed E-state index contributed by atoms with van der Waals surface area (Å²) in [5, 5.41) is 0. The molecular weight excluding hydrogens is 990 g/mol. The summed E-state index contributed by atoms with van der Waals surface area (Å²) < 4.78 is 34.6. The summed E-state index contributed by atoms with van der Waals surface area (Å²) in [6, 6.07) is 0. The van der Waals surface area contributed by atoms with Crippen molar-refractivity contribution in [2.24, 2.45) is 0 Å². The Bertz CT molecular complexity index is 1320. The fourth-order valence-corrected chi connectivity index (χ4v) is 11.2. The van der Waals surface area contributed by atoms with Crippen molar-refractivity contribution in [1.29, 1.82) is 0 Å². The van der Waals surface area contributed by atoms with E-state index in [1.807, 2.05) is 21.1 Å². The molecule has 0 aromatic heterocycles. The third kappa shape index (κ3) is 63.9. The molecule has 0 saturated heterocycles. The molecule has 1 N–H and O–H groups in total. The number of carbonyl (C=O) groups excluding carboxylic acids is 2. The van der Waals surface area contributed by atoms with Crippen LogP contribution in [0.15, 0.2) is 12.2 Å². The van der Waals surface area contributed by atoms with Crippen LogP contribution >= 0.6 is 7.82 Å². The first-order valence-corrected chi connectivity index (χ1v) is 35.9. The van der Waals surface area contributed by atoms with Crippen LogP contribution in [0.1, 0.15) is 361 Å². The summed E-state index contributed by atoms with van der Waals surface area (Å²) in [6.07, 6.45) is 73.5. The van der Waals surface area contributed by atoms with Gasteiger partial charge in [0.2, 0.25) is 0 Å². The van der Waals surface area contributed by atoms with Crippen molar-refractivity contribution in [3.05, 3.63) is 12.2 Å². The first-order chi connectivity index (χ1) is 38.0. The number of unbranched alkanes of at least 4 members (excludes halogenated alkanes) is 49. The van der Waals surface area contributed by atoms with Crippen LogP contribution in [-0.2, 0) is 32.7 Å². The standard InChI is InChI=1S/C68H134NO8P/c1-6-8-10-12-14-16-18-20-22-23-24-25-26-27-28-29-30-31-32-33-34-35-36-37-38-39-40-41-42-43-44-45-46-47-49-50-52-54-56-58-60-67(70)74-64-66(65-76-78(72,73)75-63-62-69(3,4)5)77-68(71)61-59-57-55-53-51-48-21-19-17-15-13-11-9-7-2/h19,21,66H,6-18,20,22-65H2,1-5H3/p+1/b21-19-. The highest BCUT2D eigenvalue weighted by Crippen LogP contribution is 2.43. The lowest BCUT2D eigenvalue weighted by atomic mass is 10.0. The fraction of sp³-hybridized carbons (Fsp3) is 0.941. The number of ether oxygens (including phenoxy) is 2. The van der Waals surface area contributed by atoms with E-state index in [2.05, 4.69) is 26.0 Å². The van der Waals surface area contributed by atoms with Crippen LogP contribution in [0.3, 0.4) is 0 Å². The summed E-state index contributed by atoms with van der Waals surface area (Å²) >= 11 is 0. The molecule has 464 valence electrons. The molecular formula is C68H135NO8P+. The Balaban J connectivity index is 3.79. The van der Waals surface area contributed by atoms with Crippen LogP contribution < -0.4 is 0 Å². The molecule has 0 rings (SSSR count). The zero-order valence-corrected chi connectivity index (χ0v) is 53.8. The SMILES string of the molecule is CCCCCCC/C=C\CCCCCCCC(=O)OC(COC(=O)CCCCCCCCCCCCCCCCCCCCCCCCCCCCCCCCCCCCCCCCCC)COP(=O)(O)OCC[N+](C)(C)C. The molecule has 0 spiro atoms. The molecule has 0 aliphatic rings. The molecule has 0 radical (unpaired) electrons. The summed E-state index contributed by atoms with van der Waals surface area (Å²) in [4.78, 5) is 35.7. The lowest BCUT2D eigenvalue weighted by Gasteiger charge is -2.24. The molecule has 10 heteroatoms. The van der Waals surface area contributed by atoms with Crippen molar-refractivity contribution in [3.63, 3.8) is 0 Å². The van der Waals surface area contributed by atoms with Crippen LogP contribution in [0, 0.1) is 0 Å². The molecule has 0 heterocycles. The van der Waals surface area contributed by atoms with Crippen molar-refractivity contribution in [1.82, 2.24) is 0 Å². The quantitative estimate of drug-likeness (QED) is 0.0211. The van der Waals surface area contributed by atoms with Crippen LogP contribution in [0.5, 0.6) is 0 Å². The lowest BCUT2D eigenvalue weighted by Crippen LogP contribution is -2.37. The summed E-state index contributed by atoms with van der Waals surface area (Å²) in [5.74, 6) is -0.789. The maximum atomic E-state index is 12.8. The van der Waals surface area contributed by atoms with E-state index in [9.17, 15) is 19.0 Å². The Kier molecular flexibility index (Phi) is 59.4. The van der Waals surface area contributed by atoms with Gasteiger partial charge in [-0.25, -0.2) is 4.57 Å². The highest BCUT2D eigenvalue weighted by Gasteiger charge is 2.27. The van der Waals surface area contributed by atoms with Crippen molar-refractivity contribution in [2.45, 2.75) is 367 Å². The number of allylic oxidation sites excluding steroid dienone is 2. The molecule has 2 unspecified atom stereocenters. The summed E-state index contributed by atoms with van der Waals surface area (Å²) in [7, 11) is 1.49. The second kappa shape index (κ2) is 60.3. The number of quaternary nitrogens is 1. The van der Waals surface area contributed by atoms with Gasteiger partial charge in [-0.2, -0.15) is 0 Å². The molecule has 0 fully saturated rings. The van der Waals surface area contributed by atoms with Gasteiger partial charge >= 0.3 is 19.8 Å². The number of nitrogens with zero attached hydrogens (tertiary/aromatic N) is 1. The average molecular weight is 1130 g/mol.